The van der Waals surface area contributed by atoms with Gasteiger partial charge in [0.15, 0.2) is 6.04 Å². The van der Waals surface area contributed by atoms with E-state index >= 15 is 0 Å². The minimum atomic E-state index is -1.23. The van der Waals surface area contributed by atoms with Crippen LogP contribution in [-0.4, -0.2) is 26.8 Å². The van der Waals surface area contributed by atoms with Crippen molar-refractivity contribution in [1.29, 1.82) is 0 Å². The summed E-state index contributed by atoms with van der Waals surface area (Å²) in [7, 11) is 0. The van der Waals surface area contributed by atoms with Gasteiger partial charge in [0.1, 0.15) is 5.82 Å². The SMILES string of the molecule is Cc1cc(C(NC(=O)Cc2ccn(C(C)C)n2)C(=O)O)ccc1F. The Labute approximate surface area is 139 Å². The Morgan fingerprint density at radius 2 is 2.04 bits per heavy atom. The predicted molar refractivity (Wildman–Crippen MR) is 86.0 cm³/mol. The number of carbonyl (C=O) groups is 2. The van der Waals surface area contributed by atoms with Crippen LogP contribution in [0, 0.1) is 12.7 Å². The average molecular weight is 333 g/mol. The van der Waals surface area contributed by atoms with Gasteiger partial charge >= 0.3 is 5.97 Å². The van der Waals surface area contributed by atoms with Gasteiger partial charge in [0.2, 0.25) is 5.91 Å². The molecule has 0 bridgehead atoms. The summed E-state index contributed by atoms with van der Waals surface area (Å²) in [6.07, 6.45) is 1.75. The minimum Gasteiger partial charge on any atom is -0.479 e. The number of aromatic nitrogens is 2. The second kappa shape index (κ2) is 7.25. The van der Waals surface area contributed by atoms with Gasteiger partial charge in [0.05, 0.1) is 12.1 Å². The quantitative estimate of drug-likeness (QED) is 0.850. The number of hydrogen-bond donors (Lipinski definition) is 2. The maximum atomic E-state index is 13.3. The summed E-state index contributed by atoms with van der Waals surface area (Å²) >= 11 is 0. The Balaban J connectivity index is 2.10. The highest BCUT2D eigenvalue weighted by molar-refractivity contribution is 5.85. The number of carbonyl (C=O) groups excluding carboxylic acids is 1. The molecule has 0 fully saturated rings. The number of aryl methyl sites for hydroxylation is 1. The topological polar surface area (TPSA) is 84.2 Å². The molecule has 24 heavy (non-hydrogen) atoms. The van der Waals surface area contributed by atoms with Gasteiger partial charge in [0.25, 0.3) is 0 Å². The third-order valence-corrected chi connectivity index (χ3v) is 3.60. The van der Waals surface area contributed by atoms with Gasteiger partial charge in [-0.25, -0.2) is 9.18 Å². The molecule has 1 unspecified atom stereocenters. The lowest BCUT2D eigenvalue weighted by molar-refractivity contribution is -0.142. The molecule has 0 saturated carbocycles. The van der Waals surface area contributed by atoms with Crippen LogP contribution < -0.4 is 5.32 Å². The van der Waals surface area contributed by atoms with E-state index in [9.17, 15) is 19.1 Å². The second-order valence-electron chi connectivity index (χ2n) is 5.90. The lowest BCUT2D eigenvalue weighted by Crippen LogP contribution is -2.34. The number of hydrogen-bond acceptors (Lipinski definition) is 3. The summed E-state index contributed by atoms with van der Waals surface area (Å²) in [6.45, 7) is 5.47. The molecule has 6 nitrogen and oxygen atoms in total. The number of aliphatic carboxylic acids is 1. The van der Waals surface area contributed by atoms with E-state index in [1.165, 1.54) is 25.1 Å². The Morgan fingerprint density at radius 3 is 2.58 bits per heavy atom. The number of nitrogens with one attached hydrogen (secondary N) is 1. The van der Waals surface area contributed by atoms with Crippen LogP contribution in [0.4, 0.5) is 4.39 Å². The zero-order valence-corrected chi connectivity index (χ0v) is 13.8. The summed E-state index contributed by atoms with van der Waals surface area (Å²) < 4.78 is 15.1. The molecule has 1 amide bonds. The van der Waals surface area contributed by atoms with Crippen molar-refractivity contribution < 1.29 is 19.1 Å². The van der Waals surface area contributed by atoms with Gasteiger partial charge in [-0.1, -0.05) is 12.1 Å². The van der Waals surface area contributed by atoms with Crippen LogP contribution >= 0.6 is 0 Å². The van der Waals surface area contributed by atoms with Crippen LogP contribution in [0.15, 0.2) is 30.5 Å². The molecule has 2 N–H and O–H groups in total. The van der Waals surface area contributed by atoms with E-state index in [4.69, 9.17) is 0 Å². The van der Waals surface area contributed by atoms with Crippen molar-refractivity contribution in [1.82, 2.24) is 15.1 Å². The molecule has 7 heteroatoms. The molecule has 1 aromatic heterocycles. The maximum absolute atomic E-state index is 13.3. The highest BCUT2D eigenvalue weighted by atomic mass is 19.1. The number of rotatable bonds is 6. The van der Waals surface area contributed by atoms with E-state index in [0.29, 0.717) is 16.8 Å². The van der Waals surface area contributed by atoms with Crippen LogP contribution in [0.2, 0.25) is 0 Å². The van der Waals surface area contributed by atoms with Crippen LogP contribution in [0.25, 0.3) is 0 Å². The Kier molecular flexibility index (Phi) is 5.33. The molecule has 1 atom stereocenters. The fourth-order valence-corrected chi connectivity index (χ4v) is 2.27. The van der Waals surface area contributed by atoms with Crippen LogP contribution in [-0.2, 0) is 16.0 Å². The van der Waals surface area contributed by atoms with Crippen molar-refractivity contribution >= 4 is 11.9 Å². The first-order valence-electron chi connectivity index (χ1n) is 7.60. The molecule has 2 rings (SSSR count). The lowest BCUT2D eigenvalue weighted by Gasteiger charge is -2.15. The molecule has 1 heterocycles. The second-order valence-corrected chi connectivity index (χ2v) is 5.90. The molecule has 0 radical (unpaired) electrons. The van der Waals surface area contributed by atoms with Gasteiger partial charge in [-0.3, -0.25) is 9.48 Å². The predicted octanol–water partition coefficient (Wildman–Crippen LogP) is 2.40. The summed E-state index contributed by atoms with van der Waals surface area (Å²) in [5.74, 6) is -2.09. The maximum Gasteiger partial charge on any atom is 0.330 e. The monoisotopic (exact) mass is 333 g/mol. The number of nitrogens with zero attached hydrogens (tertiary/aromatic N) is 2. The molecule has 128 valence electrons. The molecule has 0 saturated heterocycles. The average Bonchev–Trinajstić information content (AvgIpc) is 2.96. The van der Waals surface area contributed by atoms with E-state index in [1.807, 2.05) is 13.8 Å². The Hall–Kier alpha value is -2.70. The van der Waals surface area contributed by atoms with Crippen molar-refractivity contribution in [2.75, 3.05) is 0 Å². The number of halogens is 1. The molecule has 0 spiro atoms. The third-order valence-electron chi connectivity index (χ3n) is 3.60. The summed E-state index contributed by atoms with van der Waals surface area (Å²) in [5.41, 5.74) is 1.20. The van der Waals surface area contributed by atoms with Crippen LogP contribution in [0.1, 0.15) is 42.8 Å². The summed E-state index contributed by atoms with van der Waals surface area (Å²) in [5, 5.41) is 16.1. The van der Waals surface area contributed by atoms with Gasteiger partial charge in [-0.05, 0) is 44.0 Å². The molecule has 0 aliphatic carbocycles. The minimum absolute atomic E-state index is 0.0241. The molecule has 0 aliphatic heterocycles. The van der Waals surface area contributed by atoms with E-state index in [-0.39, 0.29) is 12.5 Å². The first-order valence-corrected chi connectivity index (χ1v) is 7.60. The molecular formula is C17H20FN3O3. The van der Waals surface area contributed by atoms with Gasteiger partial charge < -0.3 is 10.4 Å². The van der Waals surface area contributed by atoms with E-state index < -0.39 is 23.7 Å². The number of carboxylic acid groups (broad SMARTS) is 1. The highest BCUT2D eigenvalue weighted by Crippen LogP contribution is 2.17. The van der Waals surface area contributed by atoms with Crippen LogP contribution in [0.5, 0.6) is 0 Å². The highest BCUT2D eigenvalue weighted by Gasteiger charge is 2.23. The fraction of sp³-hybridized carbons (Fsp3) is 0.353. The molecular weight excluding hydrogens is 313 g/mol. The van der Waals surface area contributed by atoms with E-state index in [0.717, 1.165) is 0 Å². The third kappa shape index (κ3) is 4.18. The van der Waals surface area contributed by atoms with Crippen molar-refractivity contribution in [2.24, 2.45) is 0 Å². The number of amides is 1. The zero-order valence-electron chi connectivity index (χ0n) is 13.8. The van der Waals surface area contributed by atoms with Crippen molar-refractivity contribution in [3.63, 3.8) is 0 Å². The fourth-order valence-electron chi connectivity index (χ4n) is 2.27. The Bertz CT molecular complexity index is 755. The number of carboxylic acids is 1. The first kappa shape index (κ1) is 17.7. The molecule has 2 aromatic rings. The Morgan fingerprint density at radius 1 is 1.33 bits per heavy atom. The largest absolute Gasteiger partial charge is 0.479 e. The lowest BCUT2D eigenvalue weighted by atomic mass is 10.0. The van der Waals surface area contributed by atoms with Crippen LogP contribution in [0.3, 0.4) is 0 Å². The summed E-state index contributed by atoms with van der Waals surface area (Å²) in [4.78, 5) is 23.6. The summed E-state index contributed by atoms with van der Waals surface area (Å²) in [6, 6.07) is 4.63. The molecule has 0 aliphatic rings. The first-order chi connectivity index (χ1) is 11.3. The standard InChI is InChI=1S/C17H20FN3O3/c1-10(2)21-7-6-13(20-21)9-15(22)19-16(17(23)24)12-4-5-14(18)11(3)8-12/h4-8,10,16H,9H2,1-3H3,(H,19,22)(H,23,24). The van der Waals surface area contributed by atoms with E-state index in [1.54, 1.807) is 16.9 Å². The van der Waals surface area contributed by atoms with Crippen molar-refractivity contribution in [3.8, 4) is 0 Å². The number of benzene rings is 1. The molecule has 1 aromatic carbocycles. The smallest absolute Gasteiger partial charge is 0.330 e. The van der Waals surface area contributed by atoms with Gasteiger partial charge in [0, 0.05) is 12.2 Å². The van der Waals surface area contributed by atoms with Crippen molar-refractivity contribution in [2.45, 2.75) is 39.3 Å². The van der Waals surface area contributed by atoms with E-state index in [2.05, 4.69) is 10.4 Å². The van der Waals surface area contributed by atoms with Gasteiger partial charge in [-0.15, -0.1) is 0 Å². The normalized spacial score (nSPS) is 12.2. The van der Waals surface area contributed by atoms with Gasteiger partial charge in [-0.2, -0.15) is 5.10 Å². The van der Waals surface area contributed by atoms with Crippen molar-refractivity contribution in [3.05, 3.63) is 53.1 Å². The zero-order chi connectivity index (χ0) is 17.9.